The molecule has 0 aliphatic carbocycles. The maximum Gasteiger partial charge on any atom is 0.171 e. The van der Waals surface area contributed by atoms with Crippen LogP contribution in [-0.2, 0) is 6.54 Å². The van der Waals surface area contributed by atoms with E-state index in [9.17, 15) is 4.79 Å². The number of benzene rings is 1. The summed E-state index contributed by atoms with van der Waals surface area (Å²) < 4.78 is 1.64. The molecule has 0 amide bonds. The Morgan fingerprint density at radius 3 is 2.71 bits per heavy atom. The number of hydrogen-bond donors (Lipinski definition) is 0. The minimum Gasteiger partial charge on any atom is -0.296 e. The normalized spacial score (nSPS) is 10.0. The van der Waals surface area contributed by atoms with Crippen molar-refractivity contribution in [3.05, 3.63) is 47.8 Å². The van der Waals surface area contributed by atoms with Gasteiger partial charge in [-0.15, -0.1) is 5.10 Å². The molecule has 0 saturated heterocycles. The highest BCUT2D eigenvalue weighted by Gasteiger charge is 1.98. The predicted octanol–water partition coefficient (Wildman–Crippen LogP) is 1.14. The second kappa shape index (κ2) is 3.83. The lowest BCUT2D eigenvalue weighted by Gasteiger charge is -1.98. The molecule has 0 radical (unpaired) electrons. The second-order valence-electron chi connectivity index (χ2n) is 2.94. The van der Waals surface area contributed by atoms with Crippen molar-refractivity contribution in [3.63, 3.8) is 0 Å². The fourth-order valence-corrected chi connectivity index (χ4v) is 1.22. The minimum atomic E-state index is 0.362. The number of carbonyl (C=O) groups excluding carboxylic acids is 1. The maximum atomic E-state index is 10.4. The van der Waals surface area contributed by atoms with Crippen molar-refractivity contribution in [1.29, 1.82) is 0 Å². The summed E-state index contributed by atoms with van der Waals surface area (Å²) in [6.45, 7) is 0.641. The third kappa shape index (κ3) is 1.85. The zero-order valence-electron chi connectivity index (χ0n) is 7.50. The van der Waals surface area contributed by atoms with Gasteiger partial charge in [0.15, 0.2) is 6.29 Å². The van der Waals surface area contributed by atoms with Crippen molar-refractivity contribution < 1.29 is 4.79 Å². The van der Waals surface area contributed by atoms with E-state index in [-0.39, 0.29) is 0 Å². The number of rotatable bonds is 3. The maximum absolute atomic E-state index is 10.4. The highest BCUT2D eigenvalue weighted by atomic mass is 16.1. The number of aromatic nitrogens is 3. The van der Waals surface area contributed by atoms with E-state index >= 15 is 0 Å². The van der Waals surface area contributed by atoms with E-state index in [1.54, 1.807) is 10.9 Å². The summed E-state index contributed by atoms with van der Waals surface area (Å²) in [7, 11) is 0. The van der Waals surface area contributed by atoms with E-state index < -0.39 is 0 Å². The molecule has 1 aromatic heterocycles. The van der Waals surface area contributed by atoms with Crippen LogP contribution in [0.15, 0.2) is 36.5 Å². The van der Waals surface area contributed by atoms with Crippen molar-refractivity contribution in [3.8, 4) is 0 Å². The first-order valence-electron chi connectivity index (χ1n) is 4.28. The Balaban J connectivity index is 2.15. The Morgan fingerprint density at radius 1 is 1.29 bits per heavy atom. The largest absolute Gasteiger partial charge is 0.296 e. The number of carbonyl (C=O) groups is 1. The van der Waals surface area contributed by atoms with Crippen molar-refractivity contribution in [2.75, 3.05) is 0 Å². The summed E-state index contributed by atoms with van der Waals surface area (Å²) in [5.41, 5.74) is 1.50. The van der Waals surface area contributed by atoms with Crippen LogP contribution in [0.5, 0.6) is 0 Å². The first-order valence-corrected chi connectivity index (χ1v) is 4.28. The highest BCUT2D eigenvalue weighted by Crippen LogP contribution is 2.00. The van der Waals surface area contributed by atoms with Gasteiger partial charge in [-0.25, -0.2) is 4.68 Å². The summed E-state index contributed by atoms with van der Waals surface area (Å²) in [6.07, 6.45) is 2.31. The van der Waals surface area contributed by atoms with Crippen LogP contribution < -0.4 is 0 Å². The van der Waals surface area contributed by atoms with Gasteiger partial charge in [0.25, 0.3) is 0 Å². The molecule has 0 aliphatic heterocycles. The first kappa shape index (κ1) is 8.62. The lowest BCUT2D eigenvalue weighted by molar-refractivity contribution is 0.111. The van der Waals surface area contributed by atoms with Crippen molar-refractivity contribution in [2.45, 2.75) is 6.54 Å². The van der Waals surface area contributed by atoms with Gasteiger partial charge in [0.05, 0.1) is 12.7 Å². The number of nitrogens with zero attached hydrogens (tertiary/aromatic N) is 3. The molecule has 4 heteroatoms. The average Bonchev–Trinajstić information content (AvgIpc) is 2.67. The molecule has 1 heterocycles. The van der Waals surface area contributed by atoms with Crippen LogP contribution in [0.3, 0.4) is 0 Å². The molecule has 1 aromatic carbocycles. The third-order valence-electron chi connectivity index (χ3n) is 1.86. The van der Waals surface area contributed by atoms with Gasteiger partial charge in [0, 0.05) is 0 Å². The zero-order chi connectivity index (χ0) is 9.80. The molecule has 0 fully saturated rings. The Morgan fingerprint density at radius 2 is 2.07 bits per heavy atom. The van der Waals surface area contributed by atoms with Crippen LogP contribution in [0.2, 0.25) is 0 Å². The summed E-state index contributed by atoms with van der Waals surface area (Å²) in [4.78, 5) is 10.4. The topological polar surface area (TPSA) is 47.8 Å². The Bertz CT molecular complexity index is 422. The predicted molar refractivity (Wildman–Crippen MR) is 51.0 cm³/mol. The summed E-state index contributed by atoms with van der Waals surface area (Å²) in [5.74, 6) is 0. The molecular formula is C10H9N3O. The van der Waals surface area contributed by atoms with Gasteiger partial charge in [0.2, 0.25) is 0 Å². The van der Waals surface area contributed by atoms with Crippen LogP contribution in [0.25, 0.3) is 0 Å². The average molecular weight is 187 g/mol. The van der Waals surface area contributed by atoms with Gasteiger partial charge in [-0.2, -0.15) is 0 Å². The Kier molecular flexibility index (Phi) is 2.36. The van der Waals surface area contributed by atoms with Gasteiger partial charge >= 0.3 is 0 Å². The van der Waals surface area contributed by atoms with Crippen molar-refractivity contribution in [2.24, 2.45) is 0 Å². The lowest BCUT2D eigenvalue weighted by atomic mass is 10.2. The molecule has 14 heavy (non-hydrogen) atoms. The molecule has 0 spiro atoms. The van der Waals surface area contributed by atoms with Gasteiger partial charge in [0.1, 0.15) is 5.69 Å². The zero-order valence-corrected chi connectivity index (χ0v) is 7.50. The van der Waals surface area contributed by atoms with Crippen LogP contribution in [-0.4, -0.2) is 21.3 Å². The highest BCUT2D eigenvalue weighted by molar-refractivity contribution is 5.70. The van der Waals surface area contributed by atoms with E-state index in [2.05, 4.69) is 10.3 Å². The van der Waals surface area contributed by atoms with Crippen LogP contribution in [0, 0.1) is 0 Å². The summed E-state index contributed by atoms with van der Waals surface area (Å²) >= 11 is 0. The lowest BCUT2D eigenvalue weighted by Crippen LogP contribution is -1.99. The minimum absolute atomic E-state index is 0.362. The van der Waals surface area contributed by atoms with Crippen molar-refractivity contribution in [1.82, 2.24) is 15.0 Å². The molecule has 0 unspecified atom stereocenters. The fraction of sp³-hybridized carbons (Fsp3) is 0.100. The SMILES string of the molecule is O=Cc1cn(Cc2ccccc2)nn1. The van der Waals surface area contributed by atoms with E-state index in [0.29, 0.717) is 18.5 Å². The molecule has 0 atom stereocenters. The van der Waals surface area contributed by atoms with Crippen molar-refractivity contribution >= 4 is 6.29 Å². The molecule has 0 aliphatic rings. The molecule has 70 valence electrons. The summed E-state index contributed by atoms with van der Waals surface area (Å²) in [5, 5.41) is 7.49. The molecule has 2 aromatic rings. The van der Waals surface area contributed by atoms with E-state index in [1.165, 1.54) is 0 Å². The standard InChI is InChI=1S/C10H9N3O/c14-8-10-7-13(12-11-10)6-9-4-2-1-3-5-9/h1-5,7-8H,6H2. The van der Waals surface area contributed by atoms with Gasteiger partial charge in [-0.3, -0.25) is 4.79 Å². The van der Waals surface area contributed by atoms with Crippen LogP contribution in [0.1, 0.15) is 16.1 Å². The number of aldehydes is 1. The Labute approximate surface area is 81.2 Å². The number of hydrogen-bond acceptors (Lipinski definition) is 3. The molecule has 0 bridgehead atoms. The quantitative estimate of drug-likeness (QED) is 0.677. The van der Waals surface area contributed by atoms with Gasteiger partial charge in [-0.1, -0.05) is 35.5 Å². The van der Waals surface area contributed by atoms with Crippen LogP contribution in [0.4, 0.5) is 0 Å². The molecule has 0 saturated carbocycles. The molecule has 0 N–H and O–H groups in total. The molecule has 4 nitrogen and oxygen atoms in total. The Hall–Kier alpha value is -1.97. The fourth-order valence-electron chi connectivity index (χ4n) is 1.22. The molecule has 2 rings (SSSR count). The van der Waals surface area contributed by atoms with E-state index in [1.807, 2.05) is 30.3 Å². The van der Waals surface area contributed by atoms with Gasteiger partial charge in [-0.05, 0) is 5.56 Å². The third-order valence-corrected chi connectivity index (χ3v) is 1.86. The first-order chi connectivity index (χ1) is 6.88. The van der Waals surface area contributed by atoms with E-state index in [4.69, 9.17) is 0 Å². The van der Waals surface area contributed by atoms with Gasteiger partial charge < -0.3 is 0 Å². The second-order valence-corrected chi connectivity index (χ2v) is 2.94. The molecular weight excluding hydrogens is 178 g/mol. The van der Waals surface area contributed by atoms with Crippen LogP contribution >= 0.6 is 0 Å². The summed E-state index contributed by atoms with van der Waals surface area (Å²) in [6, 6.07) is 9.89. The monoisotopic (exact) mass is 187 g/mol. The smallest absolute Gasteiger partial charge is 0.171 e. The van der Waals surface area contributed by atoms with E-state index in [0.717, 1.165) is 5.56 Å².